The lowest BCUT2D eigenvalue weighted by Gasteiger charge is -2.18. The Hall–Kier alpha value is -1.84. The normalized spacial score (nSPS) is 12.5. The molecule has 280 valence electrons. The van der Waals surface area contributed by atoms with Crippen LogP contribution in [0.25, 0.3) is 0 Å². The molecular weight excluding hydrogens is 592 g/mol. The number of ether oxygens (including phenoxy) is 1. The Morgan fingerprint density at radius 3 is 1.31 bits per heavy atom. The number of carboxylic acid groups (broad SMARTS) is 1. The van der Waals surface area contributed by atoms with E-state index < -0.39 is 5.97 Å². The van der Waals surface area contributed by atoms with E-state index in [4.69, 9.17) is 9.84 Å². The van der Waals surface area contributed by atoms with Gasteiger partial charge < -0.3 is 9.84 Å². The minimum Gasteiger partial charge on any atom is -0.481 e. The van der Waals surface area contributed by atoms with Crippen molar-refractivity contribution in [2.24, 2.45) is 0 Å². The lowest BCUT2D eigenvalue weighted by Crippen LogP contribution is -2.18. The molecule has 0 spiro atoms. The van der Waals surface area contributed by atoms with Crippen molar-refractivity contribution in [2.75, 3.05) is 0 Å². The standard InChI is InChI=1S/C44H80O4/c1-3-5-7-9-10-11-12-13-14-15-16-17-18-19-20-21-22-27-30-33-37-41-44(47)48-42(38-34-8-6-4-2)39-35-31-28-25-23-24-26-29-32-36-40-43(45)46/h10-11,13-14,19-20,42H,3-9,12,15-18,21-41H2,1-2H3,(H,45,46)/b11-10-,14-13-,20-19-. The summed E-state index contributed by atoms with van der Waals surface area (Å²) < 4.78 is 5.99. The Morgan fingerprint density at radius 2 is 0.812 bits per heavy atom. The van der Waals surface area contributed by atoms with Gasteiger partial charge in [0.05, 0.1) is 0 Å². The summed E-state index contributed by atoms with van der Waals surface area (Å²) in [6.07, 6.45) is 52.0. The van der Waals surface area contributed by atoms with Crippen molar-refractivity contribution in [1.82, 2.24) is 0 Å². The number of aliphatic carboxylic acids is 1. The molecule has 1 N–H and O–H groups in total. The van der Waals surface area contributed by atoms with Crippen molar-refractivity contribution >= 4 is 11.9 Å². The highest BCUT2D eigenvalue weighted by molar-refractivity contribution is 5.69. The van der Waals surface area contributed by atoms with Crippen molar-refractivity contribution in [3.8, 4) is 0 Å². The van der Waals surface area contributed by atoms with Crippen molar-refractivity contribution in [3.63, 3.8) is 0 Å². The molecule has 0 heterocycles. The third-order valence-corrected chi connectivity index (χ3v) is 9.33. The summed E-state index contributed by atoms with van der Waals surface area (Å²) in [5.41, 5.74) is 0. The van der Waals surface area contributed by atoms with Gasteiger partial charge in [0, 0.05) is 12.8 Å². The van der Waals surface area contributed by atoms with E-state index in [-0.39, 0.29) is 12.1 Å². The van der Waals surface area contributed by atoms with Crippen LogP contribution in [0, 0.1) is 0 Å². The second-order valence-corrected chi connectivity index (χ2v) is 14.2. The summed E-state index contributed by atoms with van der Waals surface area (Å²) in [6.45, 7) is 4.50. The molecule has 4 nitrogen and oxygen atoms in total. The van der Waals surface area contributed by atoms with Gasteiger partial charge in [-0.05, 0) is 96.3 Å². The van der Waals surface area contributed by atoms with Gasteiger partial charge in [-0.15, -0.1) is 0 Å². The van der Waals surface area contributed by atoms with E-state index in [1.54, 1.807) is 0 Å². The first kappa shape index (κ1) is 46.2. The molecular formula is C44H80O4. The van der Waals surface area contributed by atoms with Crippen LogP contribution in [0.3, 0.4) is 0 Å². The fourth-order valence-corrected chi connectivity index (χ4v) is 6.21. The van der Waals surface area contributed by atoms with Crippen molar-refractivity contribution < 1.29 is 19.4 Å². The molecule has 0 aromatic rings. The van der Waals surface area contributed by atoms with Crippen LogP contribution in [-0.4, -0.2) is 23.1 Å². The smallest absolute Gasteiger partial charge is 0.306 e. The van der Waals surface area contributed by atoms with Crippen LogP contribution in [0.1, 0.15) is 226 Å². The Bertz CT molecular complexity index is 768. The molecule has 0 aliphatic heterocycles. The number of unbranched alkanes of at least 4 members (excludes halogenated alkanes) is 23. The van der Waals surface area contributed by atoms with Gasteiger partial charge in [-0.1, -0.05) is 153 Å². The molecule has 0 aromatic carbocycles. The quantitative estimate of drug-likeness (QED) is 0.0403. The minimum absolute atomic E-state index is 0.0203. The topological polar surface area (TPSA) is 63.6 Å². The third kappa shape index (κ3) is 38.6. The number of hydrogen-bond donors (Lipinski definition) is 1. The lowest BCUT2D eigenvalue weighted by atomic mass is 10.0. The van der Waals surface area contributed by atoms with Crippen molar-refractivity contribution in [2.45, 2.75) is 232 Å². The largest absolute Gasteiger partial charge is 0.481 e. The van der Waals surface area contributed by atoms with E-state index in [0.717, 1.165) is 57.8 Å². The molecule has 0 saturated carbocycles. The maximum Gasteiger partial charge on any atom is 0.306 e. The van der Waals surface area contributed by atoms with E-state index in [2.05, 4.69) is 50.3 Å². The average Bonchev–Trinajstić information content (AvgIpc) is 3.07. The molecule has 0 aliphatic carbocycles. The summed E-state index contributed by atoms with van der Waals surface area (Å²) in [4.78, 5) is 23.2. The predicted octanol–water partition coefficient (Wildman–Crippen LogP) is 14.6. The number of rotatable bonds is 38. The van der Waals surface area contributed by atoms with Gasteiger partial charge in [0.15, 0.2) is 0 Å². The molecule has 0 bridgehead atoms. The van der Waals surface area contributed by atoms with E-state index in [0.29, 0.717) is 12.8 Å². The monoisotopic (exact) mass is 673 g/mol. The highest BCUT2D eigenvalue weighted by atomic mass is 16.5. The molecule has 0 aliphatic rings. The Morgan fingerprint density at radius 1 is 0.458 bits per heavy atom. The van der Waals surface area contributed by atoms with Gasteiger partial charge in [0.1, 0.15) is 6.10 Å². The maximum atomic E-state index is 12.6. The molecule has 1 atom stereocenters. The second-order valence-electron chi connectivity index (χ2n) is 14.2. The second kappa shape index (κ2) is 39.6. The molecule has 0 amide bonds. The molecule has 0 radical (unpaired) electrons. The van der Waals surface area contributed by atoms with Crippen LogP contribution in [0.5, 0.6) is 0 Å². The van der Waals surface area contributed by atoms with E-state index in [1.807, 2.05) is 0 Å². The van der Waals surface area contributed by atoms with E-state index in [9.17, 15) is 9.59 Å². The van der Waals surface area contributed by atoms with Gasteiger partial charge in [0.2, 0.25) is 0 Å². The molecule has 48 heavy (non-hydrogen) atoms. The highest BCUT2D eigenvalue weighted by Crippen LogP contribution is 2.18. The number of carbonyl (C=O) groups excluding carboxylic acids is 1. The number of allylic oxidation sites excluding steroid dienone is 6. The summed E-state index contributed by atoms with van der Waals surface area (Å²) in [5, 5.41) is 8.70. The Balaban J connectivity index is 3.79. The highest BCUT2D eigenvalue weighted by Gasteiger charge is 2.14. The molecule has 4 heteroatoms. The fourth-order valence-electron chi connectivity index (χ4n) is 6.21. The first-order valence-electron chi connectivity index (χ1n) is 21.0. The van der Waals surface area contributed by atoms with E-state index in [1.165, 1.54) is 141 Å². The SMILES string of the molecule is CCCCC/C=C\C/C=C\CCCC/C=C\CCCCCCCC(=O)OC(CCCCCC)CCCCCCCCCCCCC(=O)O. The molecule has 0 fully saturated rings. The van der Waals surface area contributed by atoms with Gasteiger partial charge in [-0.25, -0.2) is 0 Å². The zero-order valence-electron chi connectivity index (χ0n) is 32.0. The van der Waals surface area contributed by atoms with Crippen molar-refractivity contribution in [1.29, 1.82) is 0 Å². The maximum absolute atomic E-state index is 12.6. The number of carbonyl (C=O) groups is 2. The minimum atomic E-state index is -0.676. The third-order valence-electron chi connectivity index (χ3n) is 9.33. The van der Waals surface area contributed by atoms with Crippen LogP contribution in [0.4, 0.5) is 0 Å². The predicted molar refractivity (Wildman–Crippen MR) is 209 cm³/mol. The van der Waals surface area contributed by atoms with E-state index >= 15 is 0 Å². The Labute approximate surface area is 299 Å². The van der Waals surface area contributed by atoms with Crippen LogP contribution in [0.15, 0.2) is 36.5 Å². The van der Waals surface area contributed by atoms with Crippen LogP contribution in [-0.2, 0) is 14.3 Å². The average molecular weight is 673 g/mol. The summed E-state index contributed by atoms with van der Waals surface area (Å²) in [7, 11) is 0. The fraction of sp³-hybridized carbons (Fsp3) is 0.818. The first-order valence-corrected chi connectivity index (χ1v) is 21.0. The van der Waals surface area contributed by atoms with Gasteiger partial charge >= 0.3 is 11.9 Å². The summed E-state index contributed by atoms with van der Waals surface area (Å²) in [5.74, 6) is -0.655. The van der Waals surface area contributed by atoms with Crippen LogP contribution in [0.2, 0.25) is 0 Å². The zero-order chi connectivity index (χ0) is 35.0. The zero-order valence-corrected chi connectivity index (χ0v) is 32.0. The van der Waals surface area contributed by atoms with Gasteiger partial charge in [0.25, 0.3) is 0 Å². The lowest BCUT2D eigenvalue weighted by molar-refractivity contribution is -0.150. The molecule has 0 rings (SSSR count). The number of esters is 1. The number of carboxylic acids is 1. The van der Waals surface area contributed by atoms with Gasteiger partial charge in [-0.3, -0.25) is 9.59 Å². The molecule has 1 unspecified atom stereocenters. The summed E-state index contributed by atoms with van der Waals surface area (Å²) >= 11 is 0. The molecule has 0 aromatic heterocycles. The van der Waals surface area contributed by atoms with Crippen LogP contribution < -0.4 is 0 Å². The van der Waals surface area contributed by atoms with Crippen LogP contribution >= 0.6 is 0 Å². The summed E-state index contributed by atoms with van der Waals surface area (Å²) in [6, 6.07) is 0. The number of hydrogen-bond acceptors (Lipinski definition) is 3. The first-order chi connectivity index (χ1) is 23.6. The Kier molecular flexibility index (Phi) is 38.1. The molecule has 0 saturated heterocycles. The van der Waals surface area contributed by atoms with Gasteiger partial charge in [-0.2, -0.15) is 0 Å². The van der Waals surface area contributed by atoms with Crippen molar-refractivity contribution in [3.05, 3.63) is 36.5 Å².